The van der Waals surface area contributed by atoms with Gasteiger partial charge < -0.3 is 10.4 Å². The third-order valence-corrected chi connectivity index (χ3v) is 3.51. The van der Waals surface area contributed by atoms with E-state index in [1.54, 1.807) is 12.1 Å². The molecule has 3 nitrogen and oxygen atoms in total. The Kier molecular flexibility index (Phi) is 3.14. The molecule has 2 N–H and O–H groups in total. The van der Waals surface area contributed by atoms with Crippen molar-refractivity contribution in [1.29, 1.82) is 0 Å². The van der Waals surface area contributed by atoms with Crippen LogP contribution in [0.2, 0.25) is 0 Å². The van der Waals surface area contributed by atoms with Crippen LogP contribution in [0.3, 0.4) is 0 Å². The zero-order valence-electron chi connectivity index (χ0n) is 8.41. The Morgan fingerprint density at radius 2 is 2.25 bits per heavy atom. The molecule has 0 aliphatic heterocycles. The number of anilines is 1. The van der Waals surface area contributed by atoms with Crippen LogP contribution in [-0.4, -0.2) is 17.1 Å². The molecule has 1 aromatic carbocycles. The first-order valence-corrected chi connectivity index (χ1v) is 5.81. The van der Waals surface area contributed by atoms with Crippen LogP contribution >= 0.6 is 15.9 Å². The molecule has 0 saturated heterocycles. The number of halogens is 2. The zero-order valence-corrected chi connectivity index (χ0v) is 10.00. The van der Waals surface area contributed by atoms with Crippen molar-refractivity contribution in [2.45, 2.75) is 18.9 Å². The normalized spacial score (nSPS) is 23.6. The Labute approximate surface area is 101 Å². The standard InChI is InChI=1S/C11H11BrFNO2/c12-8-3-1-6(5-9(8)13)14-10-4-2-7(10)11(15)16/h1,3,5,7,10,14H,2,4H2,(H,15,16). The average molecular weight is 288 g/mol. The van der Waals surface area contributed by atoms with Gasteiger partial charge in [-0.2, -0.15) is 0 Å². The van der Waals surface area contributed by atoms with E-state index in [1.807, 2.05) is 0 Å². The van der Waals surface area contributed by atoms with Crippen molar-refractivity contribution in [1.82, 2.24) is 0 Å². The van der Waals surface area contributed by atoms with Crippen LogP contribution in [0.25, 0.3) is 0 Å². The van der Waals surface area contributed by atoms with E-state index in [1.165, 1.54) is 6.07 Å². The number of rotatable bonds is 3. The molecular weight excluding hydrogens is 277 g/mol. The molecule has 0 aromatic heterocycles. The van der Waals surface area contributed by atoms with Gasteiger partial charge in [-0.25, -0.2) is 4.39 Å². The predicted octanol–water partition coefficient (Wildman–Crippen LogP) is 2.86. The van der Waals surface area contributed by atoms with Gasteiger partial charge in [0, 0.05) is 11.7 Å². The summed E-state index contributed by atoms with van der Waals surface area (Å²) in [5, 5.41) is 11.9. The van der Waals surface area contributed by atoms with Gasteiger partial charge in [0.25, 0.3) is 0 Å². The summed E-state index contributed by atoms with van der Waals surface area (Å²) in [5.41, 5.74) is 0.622. The highest BCUT2D eigenvalue weighted by molar-refractivity contribution is 9.10. The van der Waals surface area contributed by atoms with E-state index >= 15 is 0 Å². The van der Waals surface area contributed by atoms with E-state index in [0.29, 0.717) is 16.6 Å². The topological polar surface area (TPSA) is 49.3 Å². The van der Waals surface area contributed by atoms with Crippen molar-refractivity contribution in [3.8, 4) is 0 Å². The van der Waals surface area contributed by atoms with E-state index in [0.717, 1.165) is 6.42 Å². The van der Waals surface area contributed by atoms with E-state index in [4.69, 9.17) is 5.11 Å². The fraction of sp³-hybridized carbons (Fsp3) is 0.364. The Bertz CT molecular complexity index is 424. The first-order valence-electron chi connectivity index (χ1n) is 5.02. The van der Waals surface area contributed by atoms with Crippen LogP contribution in [0.15, 0.2) is 22.7 Å². The molecule has 1 saturated carbocycles. The van der Waals surface area contributed by atoms with Crippen LogP contribution in [0.4, 0.5) is 10.1 Å². The zero-order chi connectivity index (χ0) is 11.7. The maximum absolute atomic E-state index is 13.2. The third-order valence-electron chi connectivity index (χ3n) is 2.86. The summed E-state index contributed by atoms with van der Waals surface area (Å²) in [6.45, 7) is 0. The molecule has 0 bridgehead atoms. The molecular formula is C11H11BrFNO2. The molecule has 1 aliphatic carbocycles. The Morgan fingerprint density at radius 3 is 2.75 bits per heavy atom. The van der Waals surface area contributed by atoms with Crippen LogP contribution in [-0.2, 0) is 4.79 Å². The van der Waals surface area contributed by atoms with Gasteiger partial charge in [-0.1, -0.05) is 0 Å². The molecule has 1 fully saturated rings. The molecule has 5 heteroatoms. The van der Waals surface area contributed by atoms with Crippen molar-refractivity contribution in [2.75, 3.05) is 5.32 Å². The van der Waals surface area contributed by atoms with E-state index < -0.39 is 5.97 Å². The molecule has 0 heterocycles. The highest BCUT2D eigenvalue weighted by Gasteiger charge is 2.36. The minimum Gasteiger partial charge on any atom is -0.481 e. The smallest absolute Gasteiger partial charge is 0.308 e. The fourth-order valence-corrected chi connectivity index (χ4v) is 2.01. The van der Waals surface area contributed by atoms with Gasteiger partial charge in [0.2, 0.25) is 0 Å². The monoisotopic (exact) mass is 287 g/mol. The SMILES string of the molecule is O=C(O)C1CCC1Nc1ccc(Br)c(F)c1. The third kappa shape index (κ3) is 2.19. The molecule has 2 atom stereocenters. The molecule has 1 aliphatic rings. The predicted molar refractivity (Wildman–Crippen MR) is 61.9 cm³/mol. The van der Waals surface area contributed by atoms with Gasteiger partial charge in [0.15, 0.2) is 0 Å². The van der Waals surface area contributed by atoms with Gasteiger partial charge in [-0.05, 0) is 47.0 Å². The summed E-state index contributed by atoms with van der Waals surface area (Å²) in [7, 11) is 0. The number of carboxylic acids is 1. The van der Waals surface area contributed by atoms with E-state index in [-0.39, 0.29) is 17.8 Å². The summed E-state index contributed by atoms with van der Waals surface area (Å²) in [6.07, 6.45) is 1.50. The van der Waals surface area contributed by atoms with Gasteiger partial charge in [-0.3, -0.25) is 4.79 Å². The van der Waals surface area contributed by atoms with Crippen LogP contribution < -0.4 is 5.32 Å². The van der Waals surface area contributed by atoms with Crippen molar-refractivity contribution in [2.24, 2.45) is 5.92 Å². The molecule has 0 amide bonds. The summed E-state index contributed by atoms with van der Waals surface area (Å²) in [5.74, 6) is -1.50. The molecule has 0 radical (unpaired) electrons. The lowest BCUT2D eigenvalue weighted by Crippen LogP contribution is -2.42. The first-order chi connectivity index (χ1) is 7.58. The molecule has 1 aromatic rings. The van der Waals surface area contributed by atoms with Crippen molar-refractivity contribution in [3.05, 3.63) is 28.5 Å². The van der Waals surface area contributed by atoms with Crippen LogP contribution in [0.1, 0.15) is 12.8 Å². The summed E-state index contributed by atoms with van der Waals surface area (Å²) >= 11 is 3.06. The van der Waals surface area contributed by atoms with Crippen molar-refractivity contribution < 1.29 is 14.3 Å². The molecule has 86 valence electrons. The summed E-state index contributed by atoms with van der Waals surface area (Å²) in [6, 6.07) is 4.61. The number of hydrogen-bond donors (Lipinski definition) is 2. The highest BCUT2D eigenvalue weighted by atomic mass is 79.9. The van der Waals surface area contributed by atoms with E-state index in [9.17, 15) is 9.18 Å². The second-order valence-electron chi connectivity index (χ2n) is 3.90. The average Bonchev–Trinajstić information content (AvgIpc) is 2.17. The highest BCUT2D eigenvalue weighted by Crippen LogP contribution is 2.31. The summed E-state index contributed by atoms with van der Waals surface area (Å²) in [4.78, 5) is 10.8. The van der Waals surface area contributed by atoms with E-state index in [2.05, 4.69) is 21.2 Å². The minimum atomic E-state index is -0.790. The number of nitrogens with one attached hydrogen (secondary N) is 1. The number of hydrogen-bond acceptors (Lipinski definition) is 2. The largest absolute Gasteiger partial charge is 0.481 e. The van der Waals surface area contributed by atoms with Gasteiger partial charge in [0.05, 0.1) is 10.4 Å². The minimum absolute atomic E-state index is 0.0851. The van der Waals surface area contributed by atoms with Crippen LogP contribution in [0, 0.1) is 11.7 Å². The second kappa shape index (κ2) is 4.41. The number of carbonyl (C=O) groups is 1. The maximum atomic E-state index is 13.2. The Balaban J connectivity index is 2.04. The molecule has 0 spiro atoms. The van der Waals surface area contributed by atoms with Crippen molar-refractivity contribution in [3.63, 3.8) is 0 Å². The molecule has 2 rings (SSSR count). The quantitative estimate of drug-likeness (QED) is 0.899. The lowest BCUT2D eigenvalue weighted by molar-refractivity contribution is -0.144. The lowest BCUT2D eigenvalue weighted by atomic mass is 9.79. The second-order valence-corrected chi connectivity index (χ2v) is 4.76. The van der Waals surface area contributed by atoms with Gasteiger partial charge >= 0.3 is 5.97 Å². The van der Waals surface area contributed by atoms with Crippen LogP contribution in [0.5, 0.6) is 0 Å². The Morgan fingerprint density at radius 1 is 1.50 bits per heavy atom. The number of benzene rings is 1. The molecule has 2 unspecified atom stereocenters. The maximum Gasteiger partial charge on any atom is 0.308 e. The molecule has 16 heavy (non-hydrogen) atoms. The lowest BCUT2D eigenvalue weighted by Gasteiger charge is -2.34. The number of aliphatic carboxylic acids is 1. The fourth-order valence-electron chi connectivity index (χ4n) is 1.77. The van der Waals surface area contributed by atoms with Crippen molar-refractivity contribution >= 4 is 27.6 Å². The number of carboxylic acid groups (broad SMARTS) is 1. The first kappa shape index (κ1) is 11.4. The Hall–Kier alpha value is -1.10. The van der Waals surface area contributed by atoms with Gasteiger partial charge in [-0.15, -0.1) is 0 Å². The summed E-state index contributed by atoms with van der Waals surface area (Å²) < 4.78 is 13.6. The van der Waals surface area contributed by atoms with Gasteiger partial charge in [0.1, 0.15) is 5.82 Å².